The van der Waals surface area contributed by atoms with Crippen molar-refractivity contribution in [2.75, 3.05) is 5.32 Å². The lowest BCUT2D eigenvalue weighted by molar-refractivity contribution is 0.782. The van der Waals surface area contributed by atoms with Gasteiger partial charge in [-0.2, -0.15) is 5.26 Å². The molecule has 0 bridgehead atoms. The molecule has 1 unspecified atom stereocenters. The highest BCUT2D eigenvalue weighted by Crippen LogP contribution is 2.15. The molecule has 1 aromatic heterocycles. The summed E-state index contributed by atoms with van der Waals surface area (Å²) in [5.41, 5.74) is 1.54. The number of anilines is 1. The van der Waals surface area contributed by atoms with Crippen molar-refractivity contribution in [3.8, 4) is 6.07 Å². The van der Waals surface area contributed by atoms with Crippen molar-refractivity contribution >= 4 is 21.7 Å². The van der Waals surface area contributed by atoms with Gasteiger partial charge in [0.25, 0.3) is 0 Å². The lowest BCUT2D eigenvalue weighted by atomic mass is 10.1. The molecule has 2 aromatic rings. The molecule has 1 atom stereocenters. The van der Waals surface area contributed by atoms with E-state index >= 15 is 0 Å². The number of benzene rings is 1. The van der Waals surface area contributed by atoms with E-state index in [1.54, 1.807) is 6.20 Å². The van der Waals surface area contributed by atoms with Crippen LogP contribution in [0.5, 0.6) is 0 Å². The van der Waals surface area contributed by atoms with Crippen molar-refractivity contribution in [2.24, 2.45) is 0 Å². The van der Waals surface area contributed by atoms with E-state index in [0.717, 1.165) is 10.9 Å². The monoisotopic (exact) mass is 316 g/mol. The van der Waals surface area contributed by atoms with Crippen molar-refractivity contribution in [1.82, 2.24) is 9.97 Å². The molecule has 96 valence electrons. The molecule has 1 heterocycles. The van der Waals surface area contributed by atoms with E-state index < -0.39 is 0 Å². The molecule has 4 nitrogen and oxygen atoms in total. The zero-order valence-corrected chi connectivity index (χ0v) is 12.1. The maximum atomic E-state index is 8.96. The van der Waals surface area contributed by atoms with Gasteiger partial charge in [-0.25, -0.2) is 9.97 Å². The van der Waals surface area contributed by atoms with E-state index in [2.05, 4.69) is 50.3 Å². The Morgan fingerprint density at radius 2 is 2.16 bits per heavy atom. The largest absolute Gasteiger partial charge is 0.365 e. The Morgan fingerprint density at radius 1 is 1.37 bits per heavy atom. The van der Waals surface area contributed by atoms with Crippen LogP contribution in [0.25, 0.3) is 0 Å². The van der Waals surface area contributed by atoms with Crippen LogP contribution in [-0.4, -0.2) is 16.0 Å². The van der Waals surface area contributed by atoms with Crippen LogP contribution >= 0.6 is 15.9 Å². The Labute approximate surface area is 120 Å². The second kappa shape index (κ2) is 6.30. The van der Waals surface area contributed by atoms with Gasteiger partial charge in [0.1, 0.15) is 6.07 Å². The number of rotatable bonds is 4. The number of hydrogen-bond acceptors (Lipinski definition) is 4. The Kier molecular flexibility index (Phi) is 4.48. The fourth-order valence-electron chi connectivity index (χ4n) is 1.83. The highest BCUT2D eigenvalue weighted by Gasteiger charge is 2.09. The molecule has 0 radical (unpaired) electrons. The Morgan fingerprint density at radius 3 is 2.89 bits per heavy atom. The van der Waals surface area contributed by atoms with Gasteiger partial charge in [0, 0.05) is 22.9 Å². The zero-order chi connectivity index (χ0) is 13.7. The molecule has 0 aliphatic heterocycles. The molecule has 2 rings (SSSR count). The fraction of sp³-hybridized carbons (Fsp3) is 0.214. The highest BCUT2D eigenvalue weighted by molar-refractivity contribution is 9.10. The number of hydrogen-bond donors (Lipinski definition) is 1. The van der Waals surface area contributed by atoms with Crippen molar-refractivity contribution in [2.45, 2.75) is 19.4 Å². The van der Waals surface area contributed by atoms with E-state index in [-0.39, 0.29) is 6.04 Å². The summed E-state index contributed by atoms with van der Waals surface area (Å²) in [6.45, 7) is 2.05. The summed E-state index contributed by atoms with van der Waals surface area (Å²) in [7, 11) is 0. The van der Waals surface area contributed by atoms with Crippen molar-refractivity contribution < 1.29 is 0 Å². The number of aromatic nitrogens is 2. The third kappa shape index (κ3) is 3.76. The quantitative estimate of drug-likeness (QED) is 0.941. The number of nitrogens with one attached hydrogen (secondary N) is 1. The first-order chi connectivity index (χ1) is 9.19. The third-order valence-electron chi connectivity index (χ3n) is 2.62. The third-order valence-corrected chi connectivity index (χ3v) is 3.11. The van der Waals surface area contributed by atoms with Gasteiger partial charge in [-0.3, -0.25) is 0 Å². The van der Waals surface area contributed by atoms with Crippen LogP contribution in [0.2, 0.25) is 0 Å². The SMILES string of the molecule is CC(Cc1cccc(Br)c1)Nc1nccnc1C#N. The highest BCUT2D eigenvalue weighted by atomic mass is 79.9. The minimum absolute atomic E-state index is 0.165. The van der Waals surface area contributed by atoms with E-state index in [9.17, 15) is 0 Å². The van der Waals surface area contributed by atoms with Crippen molar-refractivity contribution in [3.63, 3.8) is 0 Å². The van der Waals surface area contributed by atoms with Crippen LogP contribution in [-0.2, 0) is 6.42 Å². The summed E-state index contributed by atoms with van der Waals surface area (Å²) < 4.78 is 1.06. The summed E-state index contributed by atoms with van der Waals surface area (Å²) >= 11 is 3.46. The van der Waals surface area contributed by atoms with Gasteiger partial charge >= 0.3 is 0 Å². The average Bonchev–Trinajstić information content (AvgIpc) is 2.39. The first kappa shape index (κ1) is 13.5. The standard InChI is InChI=1S/C14H13BrN4/c1-10(7-11-3-2-4-12(15)8-11)19-14-13(9-16)17-5-6-18-14/h2-6,8,10H,7H2,1H3,(H,18,19). The van der Waals surface area contributed by atoms with Gasteiger partial charge in [-0.15, -0.1) is 0 Å². The lowest BCUT2D eigenvalue weighted by Crippen LogP contribution is -2.19. The van der Waals surface area contributed by atoms with Crippen molar-refractivity contribution in [3.05, 3.63) is 52.4 Å². The van der Waals surface area contributed by atoms with Crippen LogP contribution in [0.1, 0.15) is 18.2 Å². The van der Waals surface area contributed by atoms with Gasteiger partial charge < -0.3 is 5.32 Å². The number of halogens is 1. The van der Waals surface area contributed by atoms with Crippen LogP contribution in [0.4, 0.5) is 5.82 Å². The molecular weight excluding hydrogens is 304 g/mol. The molecule has 0 saturated heterocycles. The molecule has 19 heavy (non-hydrogen) atoms. The van der Waals surface area contributed by atoms with E-state index in [1.165, 1.54) is 11.8 Å². The van der Waals surface area contributed by atoms with E-state index in [1.807, 2.05) is 18.2 Å². The van der Waals surface area contributed by atoms with Crippen LogP contribution in [0.15, 0.2) is 41.1 Å². The van der Waals surface area contributed by atoms with Gasteiger partial charge in [0.15, 0.2) is 11.5 Å². The average molecular weight is 317 g/mol. The molecular formula is C14H13BrN4. The molecule has 1 aromatic carbocycles. The van der Waals surface area contributed by atoms with Crippen LogP contribution < -0.4 is 5.32 Å². The fourth-order valence-corrected chi connectivity index (χ4v) is 2.27. The molecule has 0 aliphatic carbocycles. The summed E-state index contributed by atoms with van der Waals surface area (Å²) in [5, 5.41) is 12.2. The van der Waals surface area contributed by atoms with Gasteiger partial charge in [0.2, 0.25) is 0 Å². The first-order valence-electron chi connectivity index (χ1n) is 5.91. The van der Waals surface area contributed by atoms with Gasteiger partial charge in [0.05, 0.1) is 0 Å². The topological polar surface area (TPSA) is 61.6 Å². The number of nitriles is 1. The van der Waals surface area contributed by atoms with Gasteiger partial charge in [-0.05, 0) is 31.0 Å². The molecule has 5 heteroatoms. The minimum Gasteiger partial charge on any atom is -0.365 e. The van der Waals surface area contributed by atoms with Crippen LogP contribution in [0, 0.1) is 11.3 Å². The predicted molar refractivity (Wildman–Crippen MR) is 77.7 cm³/mol. The maximum absolute atomic E-state index is 8.96. The molecule has 1 N–H and O–H groups in total. The normalized spacial score (nSPS) is 11.6. The summed E-state index contributed by atoms with van der Waals surface area (Å²) in [4.78, 5) is 8.12. The summed E-state index contributed by atoms with van der Waals surface area (Å²) in [6, 6.07) is 10.4. The summed E-state index contributed by atoms with van der Waals surface area (Å²) in [5.74, 6) is 0.535. The molecule has 0 spiro atoms. The Bertz CT molecular complexity index is 606. The smallest absolute Gasteiger partial charge is 0.182 e. The maximum Gasteiger partial charge on any atom is 0.182 e. The molecule has 0 saturated carbocycles. The number of nitrogens with zero attached hydrogens (tertiary/aromatic N) is 3. The first-order valence-corrected chi connectivity index (χ1v) is 6.70. The predicted octanol–water partition coefficient (Wildman–Crippen LogP) is 3.15. The minimum atomic E-state index is 0.165. The second-order valence-electron chi connectivity index (χ2n) is 4.24. The Hall–Kier alpha value is -1.93. The Balaban J connectivity index is 2.06. The van der Waals surface area contributed by atoms with Crippen LogP contribution in [0.3, 0.4) is 0 Å². The molecule has 0 aliphatic rings. The van der Waals surface area contributed by atoms with E-state index in [0.29, 0.717) is 11.5 Å². The lowest BCUT2D eigenvalue weighted by Gasteiger charge is -2.15. The van der Waals surface area contributed by atoms with Crippen molar-refractivity contribution in [1.29, 1.82) is 5.26 Å². The second-order valence-corrected chi connectivity index (χ2v) is 5.16. The van der Waals surface area contributed by atoms with Gasteiger partial charge in [-0.1, -0.05) is 28.1 Å². The van der Waals surface area contributed by atoms with E-state index in [4.69, 9.17) is 5.26 Å². The zero-order valence-electron chi connectivity index (χ0n) is 10.5. The summed E-state index contributed by atoms with van der Waals surface area (Å²) in [6.07, 6.45) is 3.94. The molecule has 0 amide bonds. The molecule has 0 fully saturated rings.